The summed E-state index contributed by atoms with van der Waals surface area (Å²) in [4.78, 5) is 4.55. The van der Waals surface area contributed by atoms with Gasteiger partial charge in [0.2, 0.25) is 0 Å². The van der Waals surface area contributed by atoms with Crippen LogP contribution in [0.15, 0.2) is 66.9 Å². The van der Waals surface area contributed by atoms with Gasteiger partial charge in [0.15, 0.2) is 11.6 Å². The predicted octanol–water partition coefficient (Wildman–Crippen LogP) is 6.49. The summed E-state index contributed by atoms with van der Waals surface area (Å²) in [6, 6.07) is 18.8. The Balaban J connectivity index is 1.82. The SMILES string of the molecule is CC1(C)c2cc3ccccc3cc2-c2ccnc(-c3ccc(F)c(F)c3)c21. The lowest BCUT2D eigenvalue weighted by atomic mass is 9.80. The number of fused-ring (bicyclic) bond motifs is 4. The summed E-state index contributed by atoms with van der Waals surface area (Å²) in [7, 11) is 0. The van der Waals surface area contributed by atoms with E-state index in [1.807, 2.05) is 18.2 Å². The van der Waals surface area contributed by atoms with Crippen LogP contribution >= 0.6 is 0 Å². The van der Waals surface area contributed by atoms with E-state index in [9.17, 15) is 8.78 Å². The molecule has 0 N–H and O–H groups in total. The molecule has 0 spiro atoms. The van der Waals surface area contributed by atoms with Crippen molar-refractivity contribution in [2.24, 2.45) is 0 Å². The average molecular weight is 357 g/mol. The quantitative estimate of drug-likeness (QED) is 0.380. The molecule has 5 rings (SSSR count). The number of pyridine rings is 1. The minimum absolute atomic E-state index is 0.289. The van der Waals surface area contributed by atoms with Crippen molar-refractivity contribution >= 4 is 10.8 Å². The van der Waals surface area contributed by atoms with Crippen molar-refractivity contribution in [3.63, 3.8) is 0 Å². The van der Waals surface area contributed by atoms with Gasteiger partial charge >= 0.3 is 0 Å². The van der Waals surface area contributed by atoms with Gasteiger partial charge < -0.3 is 0 Å². The van der Waals surface area contributed by atoms with Crippen LogP contribution in [0.4, 0.5) is 8.78 Å². The van der Waals surface area contributed by atoms with Gasteiger partial charge in [-0.3, -0.25) is 4.98 Å². The van der Waals surface area contributed by atoms with E-state index in [2.05, 4.69) is 43.1 Å². The number of hydrogen-bond acceptors (Lipinski definition) is 1. The summed E-state index contributed by atoms with van der Waals surface area (Å²) >= 11 is 0. The first-order valence-corrected chi connectivity index (χ1v) is 8.95. The molecule has 3 heteroatoms. The second kappa shape index (κ2) is 5.46. The summed E-state index contributed by atoms with van der Waals surface area (Å²) in [5.74, 6) is -1.70. The van der Waals surface area contributed by atoms with Gasteiger partial charge in [0.1, 0.15) is 0 Å². The third-order valence-corrected chi connectivity index (χ3v) is 5.62. The number of nitrogens with zero attached hydrogens (tertiary/aromatic N) is 1. The fraction of sp³-hybridized carbons (Fsp3) is 0.125. The van der Waals surface area contributed by atoms with Crippen molar-refractivity contribution in [1.82, 2.24) is 4.98 Å². The van der Waals surface area contributed by atoms with E-state index < -0.39 is 11.6 Å². The number of benzene rings is 3. The minimum Gasteiger partial charge on any atom is -0.256 e. The molecule has 0 fully saturated rings. The zero-order valence-electron chi connectivity index (χ0n) is 15.1. The molecule has 1 aliphatic rings. The van der Waals surface area contributed by atoms with E-state index >= 15 is 0 Å². The summed E-state index contributed by atoms with van der Waals surface area (Å²) in [5, 5.41) is 2.38. The highest BCUT2D eigenvalue weighted by atomic mass is 19.2. The molecule has 1 heterocycles. The van der Waals surface area contributed by atoms with Crippen molar-refractivity contribution in [2.45, 2.75) is 19.3 Å². The standard InChI is InChI=1S/C24H17F2N/c1-24(2)19-12-15-6-4-3-5-14(15)11-18(19)17-9-10-27-23(22(17)24)16-7-8-20(25)21(26)13-16/h3-13H,1-2H3. The number of hydrogen-bond donors (Lipinski definition) is 0. The van der Waals surface area contributed by atoms with Crippen LogP contribution in [0.1, 0.15) is 25.0 Å². The Bertz CT molecular complexity index is 1220. The van der Waals surface area contributed by atoms with E-state index in [-0.39, 0.29) is 5.41 Å². The maximum absolute atomic E-state index is 13.9. The zero-order chi connectivity index (χ0) is 18.8. The highest BCUT2D eigenvalue weighted by Crippen LogP contribution is 2.52. The Labute approximate surface area is 156 Å². The van der Waals surface area contributed by atoms with Crippen molar-refractivity contribution in [1.29, 1.82) is 0 Å². The normalized spacial score (nSPS) is 14.2. The maximum atomic E-state index is 13.9. The molecule has 4 aromatic rings. The lowest BCUT2D eigenvalue weighted by molar-refractivity contribution is 0.509. The maximum Gasteiger partial charge on any atom is 0.159 e. The van der Waals surface area contributed by atoms with E-state index in [1.165, 1.54) is 28.0 Å². The third kappa shape index (κ3) is 2.24. The van der Waals surface area contributed by atoms with Crippen LogP contribution in [0.3, 0.4) is 0 Å². The molecule has 0 saturated carbocycles. The largest absolute Gasteiger partial charge is 0.256 e. The molecule has 0 unspecified atom stereocenters. The van der Waals surface area contributed by atoms with Gasteiger partial charge in [-0.25, -0.2) is 8.78 Å². The molecule has 0 radical (unpaired) electrons. The Morgan fingerprint density at radius 3 is 2.26 bits per heavy atom. The Kier molecular flexibility index (Phi) is 3.26. The lowest BCUT2D eigenvalue weighted by Gasteiger charge is -2.24. The topological polar surface area (TPSA) is 12.9 Å². The lowest BCUT2D eigenvalue weighted by Crippen LogP contribution is -2.17. The Morgan fingerprint density at radius 2 is 1.52 bits per heavy atom. The van der Waals surface area contributed by atoms with E-state index in [1.54, 1.807) is 12.3 Å². The fourth-order valence-electron chi connectivity index (χ4n) is 4.30. The first-order valence-electron chi connectivity index (χ1n) is 8.95. The zero-order valence-corrected chi connectivity index (χ0v) is 15.1. The monoisotopic (exact) mass is 357 g/mol. The minimum atomic E-state index is -0.856. The summed E-state index contributed by atoms with van der Waals surface area (Å²) in [5.41, 5.74) is 5.58. The number of aromatic nitrogens is 1. The molecule has 0 atom stereocenters. The molecule has 3 aromatic carbocycles. The van der Waals surface area contributed by atoms with Crippen LogP contribution in [-0.4, -0.2) is 4.98 Å². The Morgan fingerprint density at radius 1 is 0.778 bits per heavy atom. The molecule has 0 saturated heterocycles. The predicted molar refractivity (Wildman–Crippen MR) is 105 cm³/mol. The van der Waals surface area contributed by atoms with Crippen LogP contribution < -0.4 is 0 Å². The molecule has 1 nitrogen and oxygen atoms in total. The first kappa shape index (κ1) is 16.1. The van der Waals surface area contributed by atoms with Crippen molar-refractivity contribution in [3.8, 4) is 22.4 Å². The molecule has 0 bridgehead atoms. The van der Waals surface area contributed by atoms with Crippen molar-refractivity contribution in [3.05, 3.63) is 89.6 Å². The van der Waals surface area contributed by atoms with Gasteiger partial charge in [-0.1, -0.05) is 38.1 Å². The highest BCUT2D eigenvalue weighted by molar-refractivity contribution is 5.95. The second-order valence-electron chi connectivity index (χ2n) is 7.58. The molecule has 0 amide bonds. The molecular formula is C24H17F2N. The number of halogens is 2. The molecule has 0 aliphatic heterocycles. The smallest absolute Gasteiger partial charge is 0.159 e. The van der Waals surface area contributed by atoms with E-state index in [4.69, 9.17) is 0 Å². The molecule has 1 aliphatic carbocycles. The van der Waals surface area contributed by atoms with Gasteiger partial charge in [0.05, 0.1) is 5.69 Å². The van der Waals surface area contributed by atoms with Crippen LogP contribution in [0, 0.1) is 11.6 Å². The highest BCUT2D eigenvalue weighted by Gasteiger charge is 2.38. The van der Waals surface area contributed by atoms with Crippen LogP contribution in [-0.2, 0) is 5.41 Å². The summed E-state index contributed by atoms with van der Waals surface area (Å²) in [6.45, 7) is 4.33. The van der Waals surface area contributed by atoms with Gasteiger partial charge in [0.25, 0.3) is 0 Å². The van der Waals surface area contributed by atoms with E-state index in [0.717, 1.165) is 17.2 Å². The summed E-state index contributed by atoms with van der Waals surface area (Å²) < 4.78 is 27.3. The van der Waals surface area contributed by atoms with Gasteiger partial charge in [0, 0.05) is 17.2 Å². The van der Waals surface area contributed by atoms with Crippen LogP contribution in [0.2, 0.25) is 0 Å². The fourth-order valence-corrected chi connectivity index (χ4v) is 4.30. The summed E-state index contributed by atoms with van der Waals surface area (Å²) in [6.07, 6.45) is 1.75. The van der Waals surface area contributed by atoms with Crippen LogP contribution in [0.5, 0.6) is 0 Å². The average Bonchev–Trinajstić information content (AvgIpc) is 2.90. The van der Waals surface area contributed by atoms with Gasteiger partial charge in [-0.15, -0.1) is 0 Å². The molecular weight excluding hydrogens is 340 g/mol. The second-order valence-corrected chi connectivity index (χ2v) is 7.58. The van der Waals surface area contributed by atoms with Gasteiger partial charge in [-0.05, 0) is 69.4 Å². The number of rotatable bonds is 1. The van der Waals surface area contributed by atoms with Crippen molar-refractivity contribution < 1.29 is 8.78 Å². The first-order chi connectivity index (χ1) is 13.0. The molecule has 27 heavy (non-hydrogen) atoms. The van der Waals surface area contributed by atoms with Crippen LogP contribution in [0.25, 0.3) is 33.2 Å². The Hall–Kier alpha value is -3.07. The molecule has 1 aromatic heterocycles. The van der Waals surface area contributed by atoms with Gasteiger partial charge in [-0.2, -0.15) is 0 Å². The van der Waals surface area contributed by atoms with E-state index in [0.29, 0.717) is 11.3 Å². The van der Waals surface area contributed by atoms with Crippen molar-refractivity contribution in [2.75, 3.05) is 0 Å². The third-order valence-electron chi connectivity index (χ3n) is 5.62. The molecule has 132 valence electrons.